The Morgan fingerprint density at radius 3 is 2.65 bits per heavy atom. The van der Waals surface area contributed by atoms with E-state index in [4.69, 9.17) is 4.52 Å². The Balaban J connectivity index is 0.00000274. The van der Waals surface area contributed by atoms with Crippen molar-refractivity contribution >= 4 is 22.6 Å². The zero-order valence-corrected chi connectivity index (χ0v) is 21.7. The van der Waals surface area contributed by atoms with Crippen molar-refractivity contribution in [2.75, 3.05) is 18.0 Å². The molecule has 0 radical (unpaired) electrons. The number of fused-ring (bicyclic) bond motifs is 1. The third kappa shape index (κ3) is 5.04. The fraction of sp³-hybridized carbons (Fsp3) is 0.360. The second-order valence-corrected chi connectivity index (χ2v) is 8.43. The Labute approximate surface area is 220 Å². The van der Waals surface area contributed by atoms with Gasteiger partial charge in [0.1, 0.15) is 0 Å². The number of carbonyl (C=O) groups excluding carboxylic acids is 1. The van der Waals surface area contributed by atoms with E-state index < -0.39 is 5.97 Å². The van der Waals surface area contributed by atoms with Crippen molar-refractivity contribution in [3.8, 4) is 22.8 Å². The molecule has 1 fully saturated rings. The van der Waals surface area contributed by atoms with Crippen molar-refractivity contribution in [2.24, 2.45) is 0 Å². The normalized spacial score (nSPS) is 13.7. The van der Waals surface area contributed by atoms with E-state index >= 15 is 0 Å². The Morgan fingerprint density at radius 1 is 1.09 bits per heavy atom. The van der Waals surface area contributed by atoms with Crippen molar-refractivity contribution in [1.82, 2.24) is 19.9 Å². The standard InChI is InChI=1S/C25H27N5O3.Na/c1-2-17-14-19(7-8-21(17)29-11-4-3-5-12-29)25-27-24(28-33-25)18-6-9-22-20(15-18)16-26-30(22)13-10-23(31)32;/h6-9,14-16H,2-5,10-13H2,1H3,(H,31,32);/q;+1/p-1. The van der Waals surface area contributed by atoms with E-state index in [1.807, 2.05) is 18.2 Å². The second kappa shape index (κ2) is 10.7. The topological polar surface area (TPSA) is 100 Å². The van der Waals surface area contributed by atoms with Gasteiger partial charge >= 0.3 is 29.6 Å². The summed E-state index contributed by atoms with van der Waals surface area (Å²) in [7, 11) is 0. The van der Waals surface area contributed by atoms with Gasteiger partial charge in [0, 0.05) is 54.2 Å². The number of carbonyl (C=O) groups is 1. The third-order valence-corrected chi connectivity index (χ3v) is 6.26. The molecule has 0 unspecified atom stereocenters. The Hall–Kier alpha value is -2.68. The molecule has 9 heteroatoms. The van der Waals surface area contributed by atoms with Crippen molar-refractivity contribution in [3.63, 3.8) is 0 Å². The van der Waals surface area contributed by atoms with E-state index in [-0.39, 0.29) is 42.5 Å². The smallest absolute Gasteiger partial charge is 0.550 e. The first kappa shape index (κ1) is 24.4. The predicted molar refractivity (Wildman–Crippen MR) is 124 cm³/mol. The van der Waals surface area contributed by atoms with Crippen LogP contribution in [-0.4, -0.2) is 39.0 Å². The summed E-state index contributed by atoms with van der Waals surface area (Å²) < 4.78 is 7.26. The maximum Gasteiger partial charge on any atom is 1.00 e. The quantitative estimate of drug-likeness (QED) is 0.364. The van der Waals surface area contributed by atoms with Crippen LogP contribution in [0, 0.1) is 0 Å². The number of aromatic nitrogens is 4. The van der Waals surface area contributed by atoms with E-state index in [1.54, 1.807) is 10.9 Å². The minimum atomic E-state index is -1.09. The molecule has 0 saturated carbocycles. The van der Waals surface area contributed by atoms with Gasteiger partial charge in [0.05, 0.1) is 11.7 Å². The molecular formula is C25H26N5NaO3. The molecule has 0 bridgehead atoms. The number of aliphatic carboxylic acids is 1. The maximum absolute atomic E-state index is 10.7. The molecule has 1 saturated heterocycles. The van der Waals surface area contributed by atoms with Crippen LogP contribution in [-0.2, 0) is 17.8 Å². The molecule has 0 aliphatic carbocycles. The largest absolute Gasteiger partial charge is 1.00 e. The summed E-state index contributed by atoms with van der Waals surface area (Å²) in [4.78, 5) is 17.9. The average Bonchev–Trinajstić information content (AvgIpc) is 3.50. The van der Waals surface area contributed by atoms with Gasteiger partial charge in [0.15, 0.2) is 0 Å². The number of piperidine rings is 1. The minimum absolute atomic E-state index is 0. The predicted octanol–water partition coefficient (Wildman–Crippen LogP) is 0.450. The summed E-state index contributed by atoms with van der Waals surface area (Å²) >= 11 is 0. The van der Waals surface area contributed by atoms with Crippen LogP contribution in [0.3, 0.4) is 0 Å². The van der Waals surface area contributed by atoms with Gasteiger partial charge in [0.25, 0.3) is 5.89 Å². The molecule has 2 aromatic carbocycles. The SMILES string of the molecule is CCc1cc(-c2nc(-c3ccc4c(cnn4CCC(=O)[O-])c3)no2)ccc1N1CCCCC1.[Na+]. The van der Waals surface area contributed by atoms with E-state index in [1.165, 1.54) is 30.5 Å². The summed E-state index contributed by atoms with van der Waals surface area (Å²) in [5.41, 5.74) is 5.19. The first-order valence-corrected chi connectivity index (χ1v) is 11.5. The van der Waals surface area contributed by atoms with Crippen LogP contribution in [0.1, 0.15) is 38.2 Å². The Kier molecular flexibility index (Phi) is 7.70. The summed E-state index contributed by atoms with van der Waals surface area (Å²) in [6, 6.07) is 12.1. The molecule has 4 aromatic rings. The van der Waals surface area contributed by atoms with Gasteiger partial charge in [-0.05, 0) is 67.6 Å². The zero-order valence-electron chi connectivity index (χ0n) is 19.7. The molecule has 0 N–H and O–H groups in total. The molecule has 1 aliphatic rings. The van der Waals surface area contributed by atoms with Gasteiger partial charge in [-0.1, -0.05) is 12.1 Å². The first-order valence-electron chi connectivity index (χ1n) is 11.5. The second-order valence-electron chi connectivity index (χ2n) is 8.43. The molecule has 5 rings (SSSR count). The average molecular weight is 468 g/mol. The van der Waals surface area contributed by atoms with Crippen LogP contribution in [0.15, 0.2) is 47.1 Å². The number of rotatable bonds is 7. The Morgan fingerprint density at radius 2 is 1.88 bits per heavy atom. The zero-order chi connectivity index (χ0) is 22.8. The maximum atomic E-state index is 10.7. The molecular weight excluding hydrogens is 441 g/mol. The van der Waals surface area contributed by atoms with Crippen LogP contribution < -0.4 is 39.6 Å². The number of hydrogen-bond acceptors (Lipinski definition) is 7. The van der Waals surface area contributed by atoms with Gasteiger partial charge in [-0.25, -0.2) is 0 Å². The number of hydrogen-bond donors (Lipinski definition) is 0. The van der Waals surface area contributed by atoms with Gasteiger partial charge in [0.2, 0.25) is 5.82 Å². The summed E-state index contributed by atoms with van der Waals surface area (Å²) in [6.07, 6.45) is 6.38. The molecule has 0 amide bonds. The van der Waals surface area contributed by atoms with E-state index in [2.05, 4.69) is 45.3 Å². The van der Waals surface area contributed by atoms with E-state index in [0.717, 1.165) is 41.5 Å². The van der Waals surface area contributed by atoms with E-state index in [0.29, 0.717) is 11.7 Å². The molecule has 2 aromatic heterocycles. The molecule has 8 nitrogen and oxygen atoms in total. The van der Waals surface area contributed by atoms with Crippen molar-refractivity contribution < 1.29 is 44.0 Å². The third-order valence-electron chi connectivity index (χ3n) is 6.26. The monoisotopic (exact) mass is 467 g/mol. The minimum Gasteiger partial charge on any atom is -0.550 e. The van der Waals surface area contributed by atoms with Gasteiger partial charge < -0.3 is 19.3 Å². The molecule has 0 spiro atoms. The van der Waals surface area contributed by atoms with Crippen LogP contribution in [0.25, 0.3) is 33.7 Å². The number of nitrogens with zero attached hydrogens (tertiary/aromatic N) is 5. The van der Waals surface area contributed by atoms with Crippen LogP contribution in [0.2, 0.25) is 0 Å². The summed E-state index contributed by atoms with van der Waals surface area (Å²) in [5, 5.41) is 20.1. The number of carboxylic acid groups (broad SMARTS) is 1. The molecule has 34 heavy (non-hydrogen) atoms. The molecule has 3 heterocycles. The number of aryl methyl sites for hydroxylation is 2. The number of carboxylic acids is 1. The van der Waals surface area contributed by atoms with Gasteiger partial charge in [-0.2, -0.15) is 10.1 Å². The van der Waals surface area contributed by atoms with Gasteiger partial charge in [-0.3, -0.25) is 4.68 Å². The number of anilines is 1. The Bertz CT molecular complexity index is 1290. The van der Waals surface area contributed by atoms with E-state index in [9.17, 15) is 9.90 Å². The molecule has 170 valence electrons. The molecule has 0 atom stereocenters. The number of benzene rings is 2. The first-order chi connectivity index (χ1) is 16.1. The molecule has 1 aliphatic heterocycles. The fourth-order valence-electron chi connectivity index (χ4n) is 4.50. The van der Waals surface area contributed by atoms with Crippen molar-refractivity contribution in [2.45, 2.75) is 45.6 Å². The van der Waals surface area contributed by atoms with Gasteiger partial charge in [-0.15, -0.1) is 0 Å². The van der Waals surface area contributed by atoms with Crippen LogP contribution in [0.5, 0.6) is 0 Å². The summed E-state index contributed by atoms with van der Waals surface area (Å²) in [6.45, 7) is 4.67. The fourth-order valence-corrected chi connectivity index (χ4v) is 4.50. The summed E-state index contributed by atoms with van der Waals surface area (Å²) in [5.74, 6) is -0.0908. The van der Waals surface area contributed by atoms with Crippen molar-refractivity contribution in [3.05, 3.63) is 48.2 Å². The van der Waals surface area contributed by atoms with Crippen LogP contribution in [0.4, 0.5) is 5.69 Å². The van der Waals surface area contributed by atoms with Crippen molar-refractivity contribution in [1.29, 1.82) is 0 Å². The van der Waals surface area contributed by atoms with Crippen LogP contribution >= 0.6 is 0 Å².